The molecule has 2 heterocycles. The minimum atomic E-state index is 0.836. The van der Waals surface area contributed by atoms with E-state index in [0.717, 1.165) is 38.3 Å². The molecule has 4 rings (SSSR count). The lowest BCUT2D eigenvalue weighted by Gasteiger charge is -2.08. The van der Waals surface area contributed by atoms with E-state index in [9.17, 15) is 0 Å². The summed E-state index contributed by atoms with van der Waals surface area (Å²) >= 11 is 3.62. The van der Waals surface area contributed by atoms with Crippen molar-refractivity contribution in [1.82, 2.24) is 14.6 Å². The number of halogens is 1. The highest BCUT2D eigenvalue weighted by Gasteiger charge is 2.15. The van der Waals surface area contributed by atoms with E-state index in [0.29, 0.717) is 0 Å². The highest BCUT2D eigenvalue weighted by atomic mass is 79.9. The lowest BCUT2D eigenvalue weighted by Crippen LogP contribution is -1.98. The molecule has 112 valence electrons. The third-order valence-electron chi connectivity index (χ3n) is 3.83. The summed E-state index contributed by atoms with van der Waals surface area (Å²) in [5.74, 6) is 0. The molecule has 0 atom stereocenters. The van der Waals surface area contributed by atoms with Crippen LogP contribution in [0.5, 0.6) is 0 Å². The van der Waals surface area contributed by atoms with E-state index in [4.69, 9.17) is 4.98 Å². The van der Waals surface area contributed by atoms with Gasteiger partial charge in [0.05, 0.1) is 21.6 Å². The first-order valence-electron chi connectivity index (χ1n) is 7.41. The van der Waals surface area contributed by atoms with Crippen molar-refractivity contribution >= 4 is 21.6 Å². The fraction of sp³-hybridized carbons (Fsp3) is 0.0526. The van der Waals surface area contributed by atoms with Crippen molar-refractivity contribution in [3.63, 3.8) is 0 Å². The summed E-state index contributed by atoms with van der Waals surface area (Å²) < 4.78 is 2.84. The monoisotopic (exact) mass is 363 g/mol. The Kier molecular flexibility index (Phi) is 3.46. The van der Waals surface area contributed by atoms with Crippen LogP contribution in [0.25, 0.3) is 28.2 Å². The molecule has 0 N–H and O–H groups in total. The smallest absolute Gasteiger partial charge is 0.170 e. The number of hydrogen-bond donors (Lipinski definition) is 0. The van der Waals surface area contributed by atoms with Gasteiger partial charge in [0, 0.05) is 11.1 Å². The summed E-state index contributed by atoms with van der Waals surface area (Å²) in [4.78, 5) is 4.81. The highest BCUT2D eigenvalue weighted by molar-refractivity contribution is 9.10. The minimum absolute atomic E-state index is 0.836. The molecule has 4 heteroatoms. The second-order valence-corrected chi connectivity index (χ2v) is 6.19. The molecule has 0 saturated heterocycles. The van der Waals surface area contributed by atoms with Crippen molar-refractivity contribution in [2.75, 3.05) is 0 Å². The first-order valence-corrected chi connectivity index (χ1v) is 8.20. The number of aromatic nitrogens is 3. The van der Waals surface area contributed by atoms with Gasteiger partial charge in [0.15, 0.2) is 5.65 Å². The number of benzene rings is 2. The first kappa shape index (κ1) is 14.2. The van der Waals surface area contributed by atoms with Gasteiger partial charge in [-0.15, -0.1) is 0 Å². The van der Waals surface area contributed by atoms with E-state index in [2.05, 4.69) is 51.4 Å². The third-order valence-corrected chi connectivity index (χ3v) is 4.76. The maximum atomic E-state index is 4.81. The van der Waals surface area contributed by atoms with Gasteiger partial charge in [0.1, 0.15) is 0 Å². The average Bonchev–Trinajstić information content (AvgIpc) is 2.90. The zero-order valence-corrected chi connectivity index (χ0v) is 14.2. The molecule has 3 nitrogen and oxygen atoms in total. The zero-order valence-electron chi connectivity index (χ0n) is 12.6. The van der Waals surface area contributed by atoms with Crippen LogP contribution >= 0.6 is 15.9 Å². The van der Waals surface area contributed by atoms with Crippen LogP contribution in [0.4, 0.5) is 0 Å². The number of hydrogen-bond acceptors (Lipinski definition) is 2. The lowest BCUT2D eigenvalue weighted by atomic mass is 10.1. The quantitative estimate of drug-likeness (QED) is 0.493. The Morgan fingerprint density at radius 3 is 2.13 bits per heavy atom. The number of fused-ring (bicyclic) bond motifs is 1. The van der Waals surface area contributed by atoms with Crippen molar-refractivity contribution < 1.29 is 0 Å². The molecule has 0 aliphatic rings. The van der Waals surface area contributed by atoms with E-state index in [1.807, 2.05) is 47.8 Å². The maximum absolute atomic E-state index is 4.81. The van der Waals surface area contributed by atoms with E-state index in [1.54, 1.807) is 0 Å². The van der Waals surface area contributed by atoms with Crippen LogP contribution in [0, 0.1) is 6.92 Å². The van der Waals surface area contributed by atoms with Gasteiger partial charge in [-0.2, -0.15) is 5.10 Å². The molecule has 4 aromatic rings. The first-order chi connectivity index (χ1) is 11.2. The largest absolute Gasteiger partial charge is 0.227 e. The van der Waals surface area contributed by atoms with E-state index < -0.39 is 0 Å². The fourth-order valence-corrected chi connectivity index (χ4v) is 3.00. The molecule has 0 radical (unpaired) electrons. The van der Waals surface area contributed by atoms with Crippen molar-refractivity contribution in [2.24, 2.45) is 0 Å². The SMILES string of the molecule is Cc1nn2c(-c3ccccc3)cc(-c3ccccc3)nc2c1Br. The molecule has 0 aliphatic heterocycles. The number of aryl methyl sites for hydroxylation is 1. The highest BCUT2D eigenvalue weighted by Crippen LogP contribution is 2.30. The summed E-state index contributed by atoms with van der Waals surface area (Å²) in [6, 6.07) is 22.6. The molecule has 0 bridgehead atoms. The van der Waals surface area contributed by atoms with Crippen molar-refractivity contribution in [3.05, 3.63) is 76.9 Å². The number of rotatable bonds is 2. The molecule has 0 spiro atoms. The molecule has 0 aliphatic carbocycles. The van der Waals surface area contributed by atoms with Crippen molar-refractivity contribution in [2.45, 2.75) is 6.92 Å². The summed E-state index contributed by atoms with van der Waals surface area (Å²) in [5.41, 5.74) is 5.95. The summed E-state index contributed by atoms with van der Waals surface area (Å²) in [6.45, 7) is 1.98. The van der Waals surface area contributed by atoms with Gasteiger partial charge in [-0.1, -0.05) is 60.7 Å². The molecule has 0 unspecified atom stereocenters. The fourth-order valence-electron chi connectivity index (χ4n) is 2.67. The maximum Gasteiger partial charge on any atom is 0.170 e. The van der Waals surface area contributed by atoms with Gasteiger partial charge in [-0.3, -0.25) is 0 Å². The van der Waals surface area contributed by atoms with Gasteiger partial charge >= 0.3 is 0 Å². The molecule has 0 amide bonds. The molecular weight excluding hydrogens is 350 g/mol. The Hall–Kier alpha value is -2.46. The van der Waals surface area contributed by atoms with Gasteiger partial charge < -0.3 is 0 Å². The van der Waals surface area contributed by atoms with Crippen LogP contribution < -0.4 is 0 Å². The summed E-state index contributed by atoms with van der Waals surface area (Å²) in [7, 11) is 0. The second kappa shape index (κ2) is 5.63. The second-order valence-electron chi connectivity index (χ2n) is 5.39. The average molecular weight is 364 g/mol. The standard InChI is InChI=1S/C19H14BrN3/c1-13-18(20)19-21-16(14-8-4-2-5-9-14)12-17(23(19)22-13)15-10-6-3-7-11-15/h2-12H,1H3. The zero-order chi connectivity index (χ0) is 15.8. The Morgan fingerprint density at radius 1 is 0.870 bits per heavy atom. The van der Waals surface area contributed by atoms with Gasteiger partial charge in [-0.25, -0.2) is 9.50 Å². The van der Waals surface area contributed by atoms with E-state index in [1.165, 1.54) is 0 Å². The van der Waals surface area contributed by atoms with Crippen molar-refractivity contribution in [1.29, 1.82) is 0 Å². The van der Waals surface area contributed by atoms with Crippen molar-refractivity contribution in [3.8, 4) is 22.5 Å². The Morgan fingerprint density at radius 2 is 1.48 bits per heavy atom. The Bertz CT molecular complexity index is 976. The topological polar surface area (TPSA) is 30.2 Å². The van der Waals surface area contributed by atoms with Crippen LogP contribution in [0.15, 0.2) is 71.2 Å². The van der Waals surface area contributed by atoms with Crippen LogP contribution in [-0.4, -0.2) is 14.6 Å². The van der Waals surface area contributed by atoms with E-state index >= 15 is 0 Å². The van der Waals surface area contributed by atoms with Crippen LogP contribution in [0.3, 0.4) is 0 Å². The predicted octanol–water partition coefficient (Wildman–Crippen LogP) is 5.13. The van der Waals surface area contributed by atoms with Gasteiger partial charge in [0.25, 0.3) is 0 Å². The summed E-state index contributed by atoms with van der Waals surface area (Å²) in [5, 5.41) is 4.63. The van der Waals surface area contributed by atoms with E-state index in [-0.39, 0.29) is 0 Å². The molecule has 0 fully saturated rings. The molecule has 2 aromatic heterocycles. The molecular formula is C19H14BrN3. The lowest BCUT2D eigenvalue weighted by molar-refractivity contribution is 0.926. The van der Waals surface area contributed by atoms with Crippen LogP contribution in [-0.2, 0) is 0 Å². The van der Waals surface area contributed by atoms with Crippen LogP contribution in [0.2, 0.25) is 0 Å². The number of nitrogens with zero attached hydrogens (tertiary/aromatic N) is 3. The van der Waals surface area contributed by atoms with Gasteiger partial charge in [-0.05, 0) is 28.9 Å². The normalized spacial score (nSPS) is 11.0. The summed E-state index contributed by atoms with van der Waals surface area (Å²) in [6.07, 6.45) is 0. The predicted molar refractivity (Wildman–Crippen MR) is 96.3 cm³/mol. The van der Waals surface area contributed by atoms with Gasteiger partial charge in [0.2, 0.25) is 0 Å². The van der Waals surface area contributed by atoms with Crippen LogP contribution in [0.1, 0.15) is 5.69 Å². The minimum Gasteiger partial charge on any atom is -0.227 e. The molecule has 0 saturated carbocycles. The third kappa shape index (κ3) is 2.45. The molecule has 2 aromatic carbocycles. The Labute approximate surface area is 142 Å². The Balaban J connectivity index is 2.06. The molecule has 23 heavy (non-hydrogen) atoms.